The molecule has 1 saturated carbocycles. The molecule has 5 heteroatoms. The summed E-state index contributed by atoms with van der Waals surface area (Å²) in [6, 6.07) is 0. The van der Waals surface area contributed by atoms with E-state index in [9.17, 15) is 5.11 Å². The Balaban J connectivity index is 1.98. The molecule has 0 radical (unpaired) electrons. The zero-order valence-corrected chi connectivity index (χ0v) is 13.5. The van der Waals surface area contributed by atoms with Crippen LogP contribution in [-0.2, 0) is 17.7 Å². The Morgan fingerprint density at radius 3 is 2.67 bits per heavy atom. The smallest absolute Gasteiger partial charge is 0.138 e. The van der Waals surface area contributed by atoms with Gasteiger partial charge in [-0.25, -0.2) is 9.67 Å². The Bertz CT molecular complexity index is 413. The van der Waals surface area contributed by atoms with Gasteiger partial charge in [0.25, 0.3) is 0 Å². The van der Waals surface area contributed by atoms with Crippen LogP contribution in [0.1, 0.15) is 51.8 Å². The van der Waals surface area contributed by atoms with Gasteiger partial charge >= 0.3 is 0 Å². The second kappa shape index (κ2) is 7.90. The summed E-state index contributed by atoms with van der Waals surface area (Å²) in [6.07, 6.45) is 7.63. The Labute approximate surface area is 127 Å². The van der Waals surface area contributed by atoms with Gasteiger partial charge in [-0.15, -0.1) is 0 Å². The number of aromatic nitrogens is 3. The van der Waals surface area contributed by atoms with Crippen molar-refractivity contribution < 1.29 is 9.84 Å². The van der Waals surface area contributed by atoms with E-state index in [-0.39, 0.29) is 6.10 Å². The number of ether oxygens (including phenoxy) is 1. The highest BCUT2D eigenvalue weighted by Crippen LogP contribution is 2.30. The van der Waals surface area contributed by atoms with Gasteiger partial charge in [0.1, 0.15) is 12.2 Å². The van der Waals surface area contributed by atoms with Crippen LogP contribution in [0.4, 0.5) is 0 Å². The zero-order valence-electron chi connectivity index (χ0n) is 13.5. The Kier molecular flexibility index (Phi) is 6.18. The third-order valence-electron chi connectivity index (χ3n) is 4.39. The summed E-state index contributed by atoms with van der Waals surface area (Å²) in [5.41, 5.74) is 0. The maximum Gasteiger partial charge on any atom is 0.138 e. The van der Waals surface area contributed by atoms with Crippen LogP contribution in [0.15, 0.2) is 6.33 Å². The van der Waals surface area contributed by atoms with Crippen LogP contribution in [0.3, 0.4) is 0 Å². The van der Waals surface area contributed by atoms with Crippen LogP contribution in [0.5, 0.6) is 0 Å². The van der Waals surface area contributed by atoms with E-state index in [0.29, 0.717) is 18.3 Å². The lowest BCUT2D eigenvalue weighted by Crippen LogP contribution is -2.38. The summed E-state index contributed by atoms with van der Waals surface area (Å²) in [5, 5.41) is 14.8. The van der Waals surface area contributed by atoms with Gasteiger partial charge in [0, 0.05) is 20.1 Å². The maximum absolute atomic E-state index is 10.6. The number of hydrogen-bond acceptors (Lipinski definition) is 4. The average molecular weight is 295 g/mol. The van der Waals surface area contributed by atoms with E-state index in [2.05, 4.69) is 23.9 Å². The van der Waals surface area contributed by atoms with Crippen molar-refractivity contribution in [2.45, 2.75) is 71.1 Å². The van der Waals surface area contributed by atoms with Crippen molar-refractivity contribution in [2.24, 2.45) is 11.8 Å². The van der Waals surface area contributed by atoms with Gasteiger partial charge in [0.15, 0.2) is 0 Å². The predicted molar refractivity (Wildman–Crippen MR) is 81.9 cm³/mol. The Morgan fingerprint density at radius 1 is 1.33 bits per heavy atom. The summed E-state index contributed by atoms with van der Waals surface area (Å²) in [5.74, 6) is 1.84. The fourth-order valence-electron chi connectivity index (χ4n) is 3.37. The number of aliphatic hydroxyl groups is 1. The van der Waals surface area contributed by atoms with Gasteiger partial charge in [-0.3, -0.25) is 0 Å². The third kappa shape index (κ3) is 4.51. The molecule has 0 amide bonds. The summed E-state index contributed by atoms with van der Waals surface area (Å²) in [6.45, 7) is 5.15. The van der Waals surface area contributed by atoms with Crippen LogP contribution in [0.25, 0.3) is 0 Å². The normalized spacial score (nSPS) is 19.9. The number of hydrogen-bond donors (Lipinski definition) is 1. The third-order valence-corrected chi connectivity index (χ3v) is 4.39. The largest absolute Gasteiger partial charge is 0.390 e. The lowest BCUT2D eigenvalue weighted by Gasteiger charge is -2.32. The topological polar surface area (TPSA) is 60.2 Å². The quantitative estimate of drug-likeness (QED) is 0.839. The summed E-state index contributed by atoms with van der Waals surface area (Å²) >= 11 is 0. The van der Waals surface area contributed by atoms with Crippen molar-refractivity contribution in [3.63, 3.8) is 0 Å². The molecule has 1 aliphatic rings. The highest BCUT2D eigenvalue weighted by atomic mass is 16.5. The molecule has 1 aromatic rings. The molecule has 2 rings (SSSR count). The molecule has 2 atom stereocenters. The maximum atomic E-state index is 10.6. The second-order valence-electron chi connectivity index (χ2n) is 6.62. The first-order chi connectivity index (χ1) is 10.1. The molecule has 1 aromatic heterocycles. The number of methoxy groups -OCH3 is 1. The minimum absolute atomic E-state index is 0.0884. The minimum Gasteiger partial charge on any atom is -0.390 e. The van der Waals surface area contributed by atoms with E-state index in [1.807, 2.05) is 4.68 Å². The van der Waals surface area contributed by atoms with Gasteiger partial charge in [-0.1, -0.05) is 33.1 Å². The zero-order chi connectivity index (χ0) is 15.2. The van der Waals surface area contributed by atoms with E-state index in [0.717, 1.165) is 25.2 Å². The monoisotopic (exact) mass is 295 g/mol. The lowest BCUT2D eigenvalue weighted by molar-refractivity contribution is -0.0546. The SMILES string of the molecule is COC(C(O)Cc1ncnn1CC(C)C)C1CCCCC1. The molecule has 1 N–H and O–H groups in total. The van der Waals surface area contributed by atoms with Crippen LogP contribution in [0.2, 0.25) is 0 Å². The van der Waals surface area contributed by atoms with Gasteiger partial charge < -0.3 is 9.84 Å². The molecule has 21 heavy (non-hydrogen) atoms. The Hall–Kier alpha value is -0.940. The molecule has 0 bridgehead atoms. The summed E-state index contributed by atoms with van der Waals surface area (Å²) < 4.78 is 7.52. The first kappa shape index (κ1) is 16.4. The fourth-order valence-corrected chi connectivity index (χ4v) is 3.37. The molecule has 0 saturated heterocycles. The first-order valence-electron chi connectivity index (χ1n) is 8.19. The highest BCUT2D eigenvalue weighted by molar-refractivity contribution is 4.92. The van der Waals surface area contributed by atoms with Crippen LogP contribution in [-0.4, -0.2) is 39.2 Å². The second-order valence-corrected chi connectivity index (χ2v) is 6.62. The molecule has 1 aliphatic carbocycles. The van der Waals surface area contributed by atoms with E-state index < -0.39 is 6.10 Å². The number of aliphatic hydroxyl groups excluding tert-OH is 1. The van der Waals surface area contributed by atoms with Gasteiger partial charge in [0.05, 0.1) is 12.2 Å². The highest BCUT2D eigenvalue weighted by Gasteiger charge is 2.30. The molecule has 2 unspecified atom stereocenters. The van der Waals surface area contributed by atoms with Gasteiger partial charge in [-0.2, -0.15) is 5.10 Å². The molecular weight excluding hydrogens is 266 g/mol. The molecule has 1 fully saturated rings. The average Bonchev–Trinajstić information content (AvgIpc) is 2.87. The van der Waals surface area contributed by atoms with Crippen LogP contribution < -0.4 is 0 Å². The van der Waals surface area contributed by atoms with E-state index >= 15 is 0 Å². The van der Waals surface area contributed by atoms with Crippen molar-refractivity contribution >= 4 is 0 Å². The van der Waals surface area contributed by atoms with Crippen molar-refractivity contribution in [1.29, 1.82) is 0 Å². The van der Waals surface area contributed by atoms with E-state index in [1.165, 1.54) is 19.3 Å². The number of nitrogens with zero attached hydrogens (tertiary/aromatic N) is 3. The minimum atomic E-state index is -0.506. The van der Waals surface area contributed by atoms with Crippen LogP contribution in [0, 0.1) is 11.8 Å². The van der Waals surface area contributed by atoms with Crippen molar-refractivity contribution in [3.05, 3.63) is 12.2 Å². The van der Waals surface area contributed by atoms with Gasteiger partial charge in [-0.05, 0) is 24.7 Å². The molecular formula is C16H29N3O2. The Morgan fingerprint density at radius 2 is 2.05 bits per heavy atom. The van der Waals surface area contributed by atoms with Gasteiger partial charge in [0.2, 0.25) is 0 Å². The molecule has 120 valence electrons. The summed E-state index contributed by atoms with van der Waals surface area (Å²) in [4.78, 5) is 4.31. The lowest BCUT2D eigenvalue weighted by atomic mass is 9.82. The molecule has 5 nitrogen and oxygen atoms in total. The van der Waals surface area contributed by atoms with Crippen molar-refractivity contribution in [1.82, 2.24) is 14.8 Å². The molecule has 0 aliphatic heterocycles. The van der Waals surface area contributed by atoms with Crippen LogP contribution >= 0.6 is 0 Å². The molecule has 0 aromatic carbocycles. The van der Waals surface area contributed by atoms with Crippen molar-refractivity contribution in [3.8, 4) is 0 Å². The van der Waals surface area contributed by atoms with Crippen molar-refractivity contribution in [2.75, 3.05) is 7.11 Å². The predicted octanol–water partition coefficient (Wildman–Crippen LogP) is 2.43. The summed E-state index contributed by atoms with van der Waals surface area (Å²) in [7, 11) is 1.71. The molecule has 1 heterocycles. The van der Waals surface area contributed by atoms with E-state index in [4.69, 9.17) is 4.74 Å². The molecule has 0 spiro atoms. The fraction of sp³-hybridized carbons (Fsp3) is 0.875. The van der Waals surface area contributed by atoms with E-state index in [1.54, 1.807) is 13.4 Å². The first-order valence-corrected chi connectivity index (χ1v) is 8.19. The number of rotatable bonds is 7. The standard InChI is InChI=1S/C16H29N3O2/c1-12(2)10-19-15(17-11-18-19)9-14(20)16(21-3)13-7-5-4-6-8-13/h11-14,16,20H,4-10H2,1-3H3.